The molecule has 1 N–H and O–H groups in total. The molecule has 1 heteroatoms. The van der Waals surface area contributed by atoms with Crippen LogP contribution in [0, 0.1) is 0 Å². The van der Waals surface area contributed by atoms with Crippen molar-refractivity contribution in [3.05, 3.63) is 59.7 Å². The van der Waals surface area contributed by atoms with Gasteiger partial charge in [-0.05, 0) is 59.1 Å². The maximum atomic E-state index is 3.58. The summed E-state index contributed by atoms with van der Waals surface area (Å²) in [5.74, 6) is 0. The quantitative estimate of drug-likeness (QED) is 0.618. The Morgan fingerprint density at radius 3 is 1.43 bits per heavy atom. The maximum Gasteiger partial charge on any atom is 0.0387 e. The largest absolute Gasteiger partial charge is 0.356 e. The second-order valence-corrected chi connectivity index (χ2v) is 7.76. The molecule has 2 rings (SSSR count). The molecule has 2 aromatic carbocycles. The molecule has 0 aliphatic rings. The topological polar surface area (TPSA) is 12.0 Å². The van der Waals surface area contributed by atoms with E-state index in [2.05, 4.69) is 95.4 Å². The molecule has 0 heterocycles. The van der Waals surface area contributed by atoms with Crippen LogP contribution in [0.25, 0.3) is 0 Å². The van der Waals surface area contributed by atoms with Crippen LogP contribution < -0.4 is 5.32 Å². The highest BCUT2D eigenvalue weighted by atomic mass is 14.9. The Bertz CT molecular complexity index is 595. The SMILES string of the molecule is CCC(C)(C)c1cccc(Nc2cccc(C(C)(C)CC)c2)c1. The zero-order chi connectivity index (χ0) is 17.1. The first-order chi connectivity index (χ1) is 10.8. The lowest BCUT2D eigenvalue weighted by Crippen LogP contribution is -2.16. The molecule has 0 radical (unpaired) electrons. The van der Waals surface area contributed by atoms with E-state index in [1.165, 1.54) is 11.1 Å². The Labute approximate surface area is 142 Å². The first-order valence-electron chi connectivity index (χ1n) is 8.76. The normalized spacial score (nSPS) is 12.3. The fourth-order valence-electron chi connectivity index (χ4n) is 2.61. The van der Waals surface area contributed by atoms with Crippen molar-refractivity contribution in [2.75, 3.05) is 5.32 Å². The number of benzene rings is 2. The lowest BCUT2D eigenvalue weighted by atomic mass is 9.82. The summed E-state index contributed by atoms with van der Waals surface area (Å²) < 4.78 is 0. The molecule has 23 heavy (non-hydrogen) atoms. The van der Waals surface area contributed by atoms with Crippen LogP contribution in [-0.4, -0.2) is 0 Å². The number of rotatable bonds is 6. The van der Waals surface area contributed by atoms with Crippen molar-refractivity contribution in [1.82, 2.24) is 0 Å². The molecule has 0 unspecified atom stereocenters. The van der Waals surface area contributed by atoms with Gasteiger partial charge in [-0.1, -0.05) is 65.8 Å². The van der Waals surface area contributed by atoms with Gasteiger partial charge in [0.15, 0.2) is 0 Å². The molecule has 124 valence electrons. The molecule has 0 aliphatic heterocycles. The number of hydrogen-bond donors (Lipinski definition) is 1. The second-order valence-electron chi connectivity index (χ2n) is 7.76. The van der Waals surface area contributed by atoms with E-state index < -0.39 is 0 Å². The van der Waals surface area contributed by atoms with Gasteiger partial charge < -0.3 is 5.32 Å². The van der Waals surface area contributed by atoms with Gasteiger partial charge in [-0.3, -0.25) is 0 Å². The fraction of sp³-hybridized carbons (Fsp3) is 0.455. The van der Waals surface area contributed by atoms with Gasteiger partial charge in [-0.25, -0.2) is 0 Å². The first kappa shape index (κ1) is 17.6. The van der Waals surface area contributed by atoms with E-state index >= 15 is 0 Å². The smallest absolute Gasteiger partial charge is 0.0387 e. The van der Waals surface area contributed by atoms with Gasteiger partial charge in [0.05, 0.1) is 0 Å². The number of hydrogen-bond acceptors (Lipinski definition) is 1. The number of anilines is 2. The highest BCUT2D eigenvalue weighted by molar-refractivity contribution is 5.61. The van der Waals surface area contributed by atoms with Crippen LogP contribution in [0.1, 0.15) is 65.5 Å². The third-order valence-corrected chi connectivity index (χ3v) is 5.34. The van der Waals surface area contributed by atoms with E-state index in [4.69, 9.17) is 0 Å². The van der Waals surface area contributed by atoms with Crippen LogP contribution in [0.3, 0.4) is 0 Å². The summed E-state index contributed by atoms with van der Waals surface area (Å²) in [6, 6.07) is 17.6. The van der Waals surface area contributed by atoms with Gasteiger partial charge >= 0.3 is 0 Å². The van der Waals surface area contributed by atoms with Crippen molar-refractivity contribution >= 4 is 11.4 Å². The van der Waals surface area contributed by atoms with E-state index in [0.29, 0.717) is 0 Å². The highest BCUT2D eigenvalue weighted by Gasteiger charge is 2.19. The molecule has 1 nitrogen and oxygen atoms in total. The summed E-state index contributed by atoms with van der Waals surface area (Å²) in [4.78, 5) is 0. The molecule has 0 atom stereocenters. The van der Waals surface area contributed by atoms with Crippen molar-refractivity contribution in [3.8, 4) is 0 Å². The summed E-state index contributed by atoms with van der Waals surface area (Å²) >= 11 is 0. The van der Waals surface area contributed by atoms with Crippen molar-refractivity contribution in [1.29, 1.82) is 0 Å². The molecule has 0 amide bonds. The molecule has 0 saturated carbocycles. The van der Waals surface area contributed by atoms with Crippen LogP contribution >= 0.6 is 0 Å². The minimum Gasteiger partial charge on any atom is -0.356 e. The third-order valence-electron chi connectivity index (χ3n) is 5.34. The average Bonchev–Trinajstić information content (AvgIpc) is 2.55. The van der Waals surface area contributed by atoms with E-state index in [-0.39, 0.29) is 10.8 Å². The fourth-order valence-corrected chi connectivity index (χ4v) is 2.61. The summed E-state index contributed by atoms with van der Waals surface area (Å²) in [5.41, 5.74) is 5.52. The molecule has 0 saturated heterocycles. The van der Waals surface area contributed by atoms with E-state index in [9.17, 15) is 0 Å². The Hall–Kier alpha value is -1.76. The zero-order valence-electron chi connectivity index (χ0n) is 15.5. The van der Waals surface area contributed by atoms with Gasteiger partial charge in [-0.15, -0.1) is 0 Å². The van der Waals surface area contributed by atoms with Crippen LogP contribution in [-0.2, 0) is 10.8 Å². The molecule has 2 aromatic rings. The van der Waals surface area contributed by atoms with Crippen molar-refractivity contribution < 1.29 is 0 Å². The van der Waals surface area contributed by atoms with Crippen molar-refractivity contribution in [3.63, 3.8) is 0 Å². The predicted molar refractivity (Wildman–Crippen MR) is 103 cm³/mol. The van der Waals surface area contributed by atoms with Crippen LogP contribution in [0.2, 0.25) is 0 Å². The van der Waals surface area contributed by atoms with Crippen molar-refractivity contribution in [2.24, 2.45) is 0 Å². The van der Waals surface area contributed by atoms with Gasteiger partial charge in [0.1, 0.15) is 0 Å². The third kappa shape index (κ3) is 4.16. The predicted octanol–water partition coefficient (Wildman–Crippen LogP) is 6.81. The van der Waals surface area contributed by atoms with Gasteiger partial charge in [0.2, 0.25) is 0 Å². The van der Waals surface area contributed by atoms with E-state index in [0.717, 1.165) is 24.2 Å². The lowest BCUT2D eigenvalue weighted by Gasteiger charge is -2.25. The summed E-state index contributed by atoms with van der Waals surface area (Å²) in [7, 11) is 0. The minimum absolute atomic E-state index is 0.212. The molecular formula is C22H31N. The Kier molecular flexibility index (Phi) is 5.19. The van der Waals surface area contributed by atoms with Crippen molar-refractivity contribution in [2.45, 2.75) is 65.2 Å². The molecular weight excluding hydrogens is 278 g/mol. The number of nitrogens with one attached hydrogen (secondary N) is 1. The van der Waals surface area contributed by atoms with Crippen LogP contribution in [0.4, 0.5) is 11.4 Å². The van der Waals surface area contributed by atoms with Gasteiger partial charge in [0.25, 0.3) is 0 Å². The Morgan fingerprint density at radius 1 is 0.696 bits per heavy atom. The van der Waals surface area contributed by atoms with Gasteiger partial charge in [0, 0.05) is 11.4 Å². The van der Waals surface area contributed by atoms with Crippen LogP contribution in [0.5, 0.6) is 0 Å². The Morgan fingerprint density at radius 2 is 1.09 bits per heavy atom. The minimum atomic E-state index is 0.212. The maximum absolute atomic E-state index is 3.58. The summed E-state index contributed by atoms with van der Waals surface area (Å²) in [6.07, 6.45) is 2.27. The van der Waals surface area contributed by atoms with E-state index in [1.54, 1.807) is 0 Å². The zero-order valence-corrected chi connectivity index (χ0v) is 15.5. The summed E-state index contributed by atoms with van der Waals surface area (Å²) in [6.45, 7) is 13.7. The average molecular weight is 309 g/mol. The Balaban J connectivity index is 2.27. The summed E-state index contributed by atoms with van der Waals surface area (Å²) in [5, 5.41) is 3.58. The standard InChI is InChI=1S/C22H31N/c1-7-21(3,4)17-11-9-13-19(15-17)23-20-14-10-12-18(16-20)22(5,6)8-2/h9-16,23H,7-8H2,1-6H3. The molecule has 0 spiro atoms. The van der Waals surface area contributed by atoms with E-state index in [1.807, 2.05) is 0 Å². The lowest BCUT2D eigenvalue weighted by molar-refractivity contribution is 0.506. The van der Waals surface area contributed by atoms with Gasteiger partial charge in [-0.2, -0.15) is 0 Å². The first-order valence-corrected chi connectivity index (χ1v) is 8.76. The monoisotopic (exact) mass is 309 g/mol. The highest BCUT2D eigenvalue weighted by Crippen LogP contribution is 2.31. The molecule has 0 aromatic heterocycles. The molecule has 0 fully saturated rings. The second kappa shape index (κ2) is 6.78. The molecule has 0 aliphatic carbocycles. The van der Waals surface area contributed by atoms with Crippen LogP contribution in [0.15, 0.2) is 48.5 Å². The molecule has 0 bridgehead atoms.